The fourth-order valence-electron chi connectivity index (χ4n) is 3.90. The standard InChI is InChI=1S/C25H21NO6S/c27-23(28)22(15-33)26(25(30)32-16-8-2-1-3-9-16)24(29)31-14-21-19-12-6-4-10-17(19)18-11-5-7-13-20(18)21/h1-13,21-22,33H,14-15H2,(H,27,28)/t22-/m0/s1. The summed E-state index contributed by atoms with van der Waals surface area (Å²) in [6.07, 6.45) is -2.26. The summed E-state index contributed by atoms with van der Waals surface area (Å²) in [6, 6.07) is 22.1. The van der Waals surface area contributed by atoms with Gasteiger partial charge in [0.05, 0.1) is 0 Å². The SMILES string of the molecule is O=C(O)[C@H](CS)N(C(=O)OCC1c2ccccc2-c2ccccc21)C(=O)Oc1ccccc1. The smallest absolute Gasteiger partial charge is 0.425 e. The van der Waals surface area contributed by atoms with Crippen LogP contribution in [0.5, 0.6) is 5.75 Å². The Hall–Kier alpha value is -3.78. The minimum Gasteiger partial charge on any atom is -0.480 e. The molecule has 2 amide bonds. The Labute approximate surface area is 196 Å². The van der Waals surface area contributed by atoms with Crippen molar-refractivity contribution in [3.05, 3.63) is 90.0 Å². The van der Waals surface area contributed by atoms with Crippen LogP contribution < -0.4 is 4.74 Å². The number of hydrogen-bond acceptors (Lipinski definition) is 6. The third-order valence-corrected chi connectivity index (χ3v) is 5.79. The average molecular weight is 464 g/mol. The van der Waals surface area contributed by atoms with Gasteiger partial charge in [-0.2, -0.15) is 17.5 Å². The van der Waals surface area contributed by atoms with Gasteiger partial charge in [0.15, 0.2) is 6.04 Å². The van der Waals surface area contributed by atoms with Gasteiger partial charge >= 0.3 is 18.2 Å². The maximum atomic E-state index is 13.0. The van der Waals surface area contributed by atoms with Crippen LogP contribution in [0.3, 0.4) is 0 Å². The molecule has 1 aliphatic carbocycles. The summed E-state index contributed by atoms with van der Waals surface area (Å²) in [7, 11) is 0. The zero-order chi connectivity index (χ0) is 23.4. The van der Waals surface area contributed by atoms with Crippen molar-refractivity contribution in [1.29, 1.82) is 0 Å². The predicted octanol–water partition coefficient (Wildman–Crippen LogP) is 4.82. The summed E-state index contributed by atoms with van der Waals surface area (Å²) in [4.78, 5) is 37.9. The minimum atomic E-state index is -1.56. The lowest BCUT2D eigenvalue weighted by atomic mass is 9.98. The molecule has 7 nitrogen and oxygen atoms in total. The van der Waals surface area contributed by atoms with E-state index in [1.165, 1.54) is 12.1 Å². The third kappa shape index (κ3) is 4.56. The van der Waals surface area contributed by atoms with E-state index in [1.807, 2.05) is 48.5 Å². The summed E-state index contributed by atoms with van der Waals surface area (Å²) >= 11 is 4.00. The van der Waals surface area contributed by atoms with Gasteiger partial charge in [0.1, 0.15) is 12.4 Å². The molecule has 168 valence electrons. The van der Waals surface area contributed by atoms with Crippen molar-refractivity contribution in [1.82, 2.24) is 4.90 Å². The fraction of sp³-hybridized carbons (Fsp3) is 0.160. The molecule has 0 aromatic heterocycles. The van der Waals surface area contributed by atoms with Gasteiger partial charge in [-0.25, -0.2) is 14.4 Å². The quantitative estimate of drug-likeness (QED) is 0.509. The molecule has 0 saturated carbocycles. The first-order valence-corrected chi connectivity index (χ1v) is 10.9. The molecule has 0 heterocycles. The Morgan fingerprint density at radius 1 is 0.848 bits per heavy atom. The zero-order valence-electron chi connectivity index (χ0n) is 17.5. The highest BCUT2D eigenvalue weighted by molar-refractivity contribution is 7.80. The van der Waals surface area contributed by atoms with E-state index in [0.29, 0.717) is 4.90 Å². The topological polar surface area (TPSA) is 93.1 Å². The lowest BCUT2D eigenvalue weighted by Crippen LogP contribution is -2.51. The Kier molecular flexibility index (Phi) is 6.65. The van der Waals surface area contributed by atoms with Gasteiger partial charge in [0.2, 0.25) is 0 Å². The number of carbonyl (C=O) groups excluding carboxylic acids is 2. The van der Waals surface area contributed by atoms with Gasteiger partial charge in [-0.3, -0.25) is 0 Å². The highest BCUT2D eigenvalue weighted by atomic mass is 32.1. The first kappa shape index (κ1) is 22.4. The van der Waals surface area contributed by atoms with Gasteiger partial charge in [-0.1, -0.05) is 66.7 Å². The van der Waals surface area contributed by atoms with Crippen LogP contribution >= 0.6 is 12.6 Å². The molecule has 1 atom stereocenters. The van der Waals surface area contributed by atoms with Gasteiger partial charge in [-0.05, 0) is 34.4 Å². The average Bonchev–Trinajstić information content (AvgIpc) is 3.15. The van der Waals surface area contributed by atoms with Crippen molar-refractivity contribution < 1.29 is 29.0 Å². The number of hydrogen-bond donors (Lipinski definition) is 2. The van der Waals surface area contributed by atoms with Crippen LogP contribution in [0.1, 0.15) is 17.0 Å². The molecule has 0 fully saturated rings. The molecule has 0 aliphatic heterocycles. The number of para-hydroxylation sites is 1. The number of imide groups is 1. The highest BCUT2D eigenvalue weighted by Gasteiger charge is 2.38. The summed E-state index contributed by atoms with van der Waals surface area (Å²) in [5.74, 6) is -1.78. The molecule has 3 aromatic carbocycles. The molecule has 0 unspecified atom stereocenters. The summed E-state index contributed by atoms with van der Waals surface area (Å²) in [6.45, 7) is -0.0686. The van der Waals surface area contributed by atoms with E-state index in [1.54, 1.807) is 18.2 Å². The first-order valence-electron chi connectivity index (χ1n) is 10.3. The van der Waals surface area contributed by atoms with Crippen LogP contribution in [0.4, 0.5) is 9.59 Å². The summed E-state index contributed by atoms with van der Waals surface area (Å²) in [5.41, 5.74) is 4.09. The van der Waals surface area contributed by atoms with Gasteiger partial charge < -0.3 is 14.6 Å². The molecular weight excluding hydrogens is 442 g/mol. The van der Waals surface area contributed by atoms with E-state index in [9.17, 15) is 19.5 Å². The number of benzene rings is 3. The fourth-order valence-corrected chi connectivity index (χ4v) is 4.22. The molecule has 33 heavy (non-hydrogen) atoms. The van der Waals surface area contributed by atoms with Crippen LogP contribution in [0.15, 0.2) is 78.9 Å². The number of carbonyl (C=O) groups is 3. The highest BCUT2D eigenvalue weighted by Crippen LogP contribution is 2.44. The lowest BCUT2D eigenvalue weighted by Gasteiger charge is -2.25. The van der Waals surface area contributed by atoms with Gasteiger partial charge in [0.25, 0.3) is 0 Å². The van der Waals surface area contributed by atoms with Crippen LogP contribution in [0.2, 0.25) is 0 Å². The lowest BCUT2D eigenvalue weighted by molar-refractivity contribution is -0.141. The molecule has 0 radical (unpaired) electrons. The summed E-state index contributed by atoms with van der Waals surface area (Å²) in [5, 5.41) is 9.54. The maximum absolute atomic E-state index is 13.0. The number of amides is 2. The van der Waals surface area contributed by atoms with Crippen LogP contribution in [-0.4, -0.2) is 46.6 Å². The number of ether oxygens (including phenoxy) is 2. The van der Waals surface area contributed by atoms with Crippen LogP contribution in [0, 0.1) is 0 Å². The molecular formula is C25H21NO6S. The second-order valence-electron chi connectivity index (χ2n) is 7.39. The first-order chi connectivity index (χ1) is 16.0. The zero-order valence-corrected chi connectivity index (χ0v) is 18.4. The number of aliphatic carboxylic acids is 1. The molecule has 0 bridgehead atoms. The Balaban J connectivity index is 1.56. The minimum absolute atomic E-state index is 0.0686. The molecule has 0 saturated heterocycles. The maximum Gasteiger partial charge on any atom is 0.425 e. The largest absolute Gasteiger partial charge is 0.480 e. The van der Waals surface area contributed by atoms with Crippen molar-refractivity contribution in [3.8, 4) is 16.9 Å². The van der Waals surface area contributed by atoms with Crippen molar-refractivity contribution in [2.24, 2.45) is 0 Å². The van der Waals surface area contributed by atoms with E-state index in [-0.39, 0.29) is 24.0 Å². The van der Waals surface area contributed by atoms with Gasteiger partial charge in [-0.15, -0.1) is 0 Å². The number of rotatable bonds is 6. The van der Waals surface area contributed by atoms with Gasteiger partial charge in [0, 0.05) is 11.7 Å². The Morgan fingerprint density at radius 3 is 1.94 bits per heavy atom. The molecule has 0 spiro atoms. The second-order valence-corrected chi connectivity index (χ2v) is 7.76. The van der Waals surface area contributed by atoms with Crippen molar-refractivity contribution in [2.75, 3.05) is 12.4 Å². The number of thiol groups is 1. The molecule has 4 rings (SSSR count). The normalized spacial score (nSPS) is 12.9. The number of nitrogens with zero attached hydrogens (tertiary/aromatic N) is 1. The van der Waals surface area contributed by atoms with E-state index in [4.69, 9.17) is 9.47 Å². The van der Waals surface area contributed by atoms with E-state index in [0.717, 1.165) is 22.3 Å². The third-order valence-electron chi connectivity index (χ3n) is 5.45. The monoisotopic (exact) mass is 463 g/mol. The number of carboxylic acids is 1. The van der Waals surface area contributed by atoms with Crippen molar-refractivity contribution in [2.45, 2.75) is 12.0 Å². The molecule has 3 aromatic rings. The summed E-state index contributed by atoms with van der Waals surface area (Å²) < 4.78 is 10.7. The predicted molar refractivity (Wildman–Crippen MR) is 125 cm³/mol. The van der Waals surface area contributed by atoms with E-state index in [2.05, 4.69) is 12.6 Å². The number of carboxylic acid groups (broad SMARTS) is 1. The Bertz CT molecular complexity index is 1140. The molecule has 8 heteroatoms. The second kappa shape index (κ2) is 9.79. The molecule has 1 aliphatic rings. The van der Waals surface area contributed by atoms with Crippen molar-refractivity contribution in [3.63, 3.8) is 0 Å². The number of fused-ring (bicyclic) bond motifs is 3. The van der Waals surface area contributed by atoms with Crippen LogP contribution in [0.25, 0.3) is 11.1 Å². The van der Waals surface area contributed by atoms with E-state index >= 15 is 0 Å². The molecule has 1 N–H and O–H groups in total. The van der Waals surface area contributed by atoms with Crippen LogP contribution in [-0.2, 0) is 9.53 Å². The van der Waals surface area contributed by atoms with E-state index < -0.39 is 24.2 Å². The Morgan fingerprint density at radius 2 is 1.39 bits per heavy atom. The van der Waals surface area contributed by atoms with Crippen molar-refractivity contribution >= 4 is 30.8 Å².